The maximum absolute atomic E-state index is 12.5. The molecule has 0 atom stereocenters. The molecule has 0 radical (unpaired) electrons. The molecule has 0 aliphatic rings. The molecule has 0 spiro atoms. The largest absolute Gasteiger partial charge is 0.493 e. The quantitative estimate of drug-likeness (QED) is 0.0381. The molecule has 1 rings (SSSR count). The lowest BCUT2D eigenvalue weighted by atomic mass is 10.1. The van der Waals surface area contributed by atoms with Crippen molar-refractivity contribution in [2.45, 2.75) is 227 Å². The Kier molecular flexibility index (Phi) is 35.1. The monoisotopic (exact) mass is 743 g/mol. The number of esters is 1. The Bertz CT molecular complexity index is 973. The summed E-state index contributed by atoms with van der Waals surface area (Å²) in [6, 6.07) is 4.01. The Morgan fingerprint density at radius 2 is 0.811 bits per heavy atom. The first-order valence-electron chi connectivity index (χ1n) is 23.1. The molecule has 0 aliphatic heterocycles. The van der Waals surface area contributed by atoms with E-state index in [9.17, 15) is 4.79 Å². The molecule has 53 heavy (non-hydrogen) atoms. The Morgan fingerprint density at radius 3 is 1.23 bits per heavy atom. The molecule has 0 amide bonds. The zero-order valence-electron chi connectivity index (χ0n) is 35.6. The van der Waals surface area contributed by atoms with Gasteiger partial charge < -0.3 is 18.9 Å². The van der Waals surface area contributed by atoms with Crippen molar-refractivity contribution in [1.82, 2.24) is 0 Å². The molecule has 0 bridgehead atoms. The molecular formula is C48H86O5. The molecule has 1 aromatic carbocycles. The Hall–Kier alpha value is -2.17. The molecular weight excluding hydrogens is 657 g/mol. The number of carbonyl (C=O) groups is 1. The molecule has 0 fully saturated rings. The van der Waals surface area contributed by atoms with Gasteiger partial charge in [0.1, 0.15) is 5.75 Å². The van der Waals surface area contributed by atoms with Crippen LogP contribution < -0.4 is 14.2 Å². The predicted octanol–water partition coefficient (Wildman–Crippen LogP) is 15.6. The Labute approximate surface area is 329 Å². The third-order valence-electron chi connectivity index (χ3n) is 10.2. The SMILES string of the molecule is CCCCCCCCCCCCOc1cc(C=CC(=O)OCCC)c(OCCCCCCCCCCCC)c(OCCCCCCCCCCCC)c1. The summed E-state index contributed by atoms with van der Waals surface area (Å²) in [5.74, 6) is 1.86. The average molecular weight is 743 g/mol. The zero-order valence-corrected chi connectivity index (χ0v) is 35.6. The van der Waals surface area contributed by atoms with Crippen molar-refractivity contribution in [3.8, 4) is 17.2 Å². The highest BCUT2D eigenvalue weighted by Gasteiger charge is 2.15. The van der Waals surface area contributed by atoms with Gasteiger partial charge in [-0.25, -0.2) is 4.79 Å². The van der Waals surface area contributed by atoms with Crippen molar-refractivity contribution >= 4 is 12.0 Å². The van der Waals surface area contributed by atoms with Crippen LogP contribution in [0.4, 0.5) is 0 Å². The first kappa shape index (κ1) is 48.8. The molecule has 0 unspecified atom stereocenters. The number of benzene rings is 1. The van der Waals surface area contributed by atoms with Gasteiger partial charge in [0.05, 0.1) is 26.4 Å². The predicted molar refractivity (Wildman–Crippen MR) is 229 cm³/mol. The highest BCUT2D eigenvalue weighted by atomic mass is 16.5. The number of rotatable bonds is 40. The summed E-state index contributed by atoms with van der Waals surface area (Å²) in [5, 5.41) is 0. The van der Waals surface area contributed by atoms with E-state index in [-0.39, 0.29) is 5.97 Å². The highest BCUT2D eigenvalue weighted by Crippen LogP contribution is 2.38. The normalized spacial score (nSPS) is 11.4. The lowest BCUT2D eigenvalue weighted by Gasteiger charge is -2.18. The second-order valence-corrected chi connectivity index (χ2v) is 15.4. The maximum Gasteiger partial charge on any atom is 0.330 e. The minimum absolute atomic E-state index is 0.336. The molecule has 5 nitrogen and oxygen atoms in total. The molecule has 0 aromatic heterocycles. The number of hydrogen-bond donors (Lipinski definition) is 0. The second-order valence-electron chi connectivity index (χ2n) is 15.4. The minimum atomic E-state index is -0.336. The highest BCUT2D eigenvalue weighted by molar-refractivity contribution is 5.88. The Morgan fingerprint density at radius 1 is 0.434 bits per heavy atom. The van der Waals surface area contributed by atoms with Crippen LogP contribution in [0.15, 0.2) is 18.2 Å². The first-order chi connectivity index (χ1) is 26.2. The van der Waals surface area contributed by atoms with Crippen LogP contribution in [0.5, 0.6) is 17.2 Å². The summed E-state index contributed by atoms with van der Waals surface area (Å²) in [4.78, 5) is 12.5. The van der Waals surface area contributed by atoms with Crippen LogP contribution in [0.3, 0.4) is 0 Å². The van der Waals surface area contributed by atoms with Gasteiger partial charge in [-0.15, -0.1) is 0 Å². The third-order valence-corrected chi connectivity index (χ3v) is 10.2. The van der Waals surface area contributed by atoms with Gasteiger partial charge in [0, 0.05) is 17.7 Å². The van der Waals surface area contributed by atoms with Crippen LogP contribution in [0, 0.1) is 0 Å². The summed E-state index contributed by atoms with van der Waals surface area (Å²) in [6.45, 7) is 11.2. The van der Waals surface area contributed by atoms with Crippen molar-refractivity contribution in [1.29, 1.82) is 0 Å². The summed E-state index contributed by atoms with van der Waals surface area (Å²) in [5.41, 5.74) is 0.809. The molecule has 308 valence electrons. The van der Waals surface area contributed by atoms with E-state index in [1.54, 1.807) is 0 Å². The van der Waals surface area contributed by atoms with Crippen LogP contribution in [0.1, 0.15) is 232 Å². The van der Waals surface area contributed by atoms with E-state index in [0.717, 1.165) is 42.7 Å². The van der Waals surface area contributed by atoms with Crippen molar-refractivity contribution in [2.24, 2.45) is 0 Å². The van der Waals surface area contributed by atoms with Crippen molar-refractivity contribution in [3.05, 3.63) is 23.8 Å². The molecule has 0 saturated heterocycles. The fourth-order valence-electron chi connectivity index (χ4n) is 6.79. The minimum Gasteiger partial charge on any atom is -0.493 e. The van der Waals surface area contributed by atoms with Gasteiger partial charge >= 0.3 is 5.97 Å². The van der Waals surface area contributed by atoms with E-state index < -0.39 is 0 Å². The second kappa shape index (κ2) is 38.1. The van der Waals surface area contributed by atoms with Gasteiger partial charge in [0.15, 0.2) is 11.5 Å². The van der Waals surface area contributed by atoms with Crippen molar-refractivity contribution in [2.75, 3.05) is 26.4 Å². The van der Waals surface area contributed by atoms with Gasteiger partial charge in [-0.2, -0.15) is 0 Å². The number of ether oxygens (including phenoxy) is 4. The Balaban J connectivity index is 2.82. The summed E-state index contributed by atoms with van der Waals surface area (Å²) in [6.07, 6.45) is 42.9. The number of unbranched alkanes of at least 4 members (excludes halogenated alkanes) is 27. The molecule has 0 N–H and O–H groups in total. The molecule has 0 aliphatic carbocycles. The van der Waals surface area contributed by atoms with Crippen molar-refractivity contribution in [3.63, 3.8) is 0 Å². The van der Waals surface area contributed by atoms with E-state index in [4.69, 9.17) is 18.9 Å². The molecule has 0 saturated carbocycles. The molecule has 5 heteroatoms. The van der Waals surface area contributed by atoms with Crippen molar-refractivity contribution < 1.29 is 23.7 Å². The summed E-state index contributed by atoms with van der Waals surface area (Å²) >= 11 is 0. The van der Waals surface area contributed by atoms with Crippen LogP contribution in [0.2, 0.25) is 0 Å². The van der Waals surface area contributed by atoms with E-state index in [1.807, 2.05) is 25.1 Å². The van der Waals surface area contributed by atoms with Crippen LogP contribution in [0.25, 0.3) is 6.08 Å². The van der Waals surface area contributed by atoms with E-state index >= 15 is 0 Å². The first-order valence-corrected chi connectivity index (χ1v) is 23.1. The standard InChI is InChI=1S/C48H86O5/c1-5-9-12-15-18-21-24-27-30-33-39-50-45-42-44(36-37-47(49)52-38-8-4)48(53-41-35-32-29-26-23-20-17-14-11-7-3)46(43-45)51-40-34-31-28-25-22-19-16-13-10-6-2/h36-37,42-43H,5-35,38-41H2,1-4H3. The number of hydrogen-bond acceptors (Lipinski definition) is 5. The molecule has 1 aromatic rings. The van der Waals surface area contributed by atoms with Gasteiger partial charge in [-0.05, 0) is 37.8 Å². The van der Waals surface area contributed by atoms with E-state index in [2.05, 4.69) is 20.8 Å². The lowest BCUT2D eigenvalue weighted by Crippen LogP contribution is -2.06. The van der Waals surface area contributed by atoms with Gasteiger partial charge in [-0.1, -0.05) is 201 Å². The zero-order chi connectivity index (χ0) is 38.3. The lowest BCUT2D eigenvalue weighted by molar-refractivity contribution is -0.137. The van der Waals surface area contributed by atoms with Crippen LogP contribution in [-0.2, 0) is 9.53 Å². The van der Waals surface area contributed by atoms with Gasteiger partial charge in [-0.3, -0.25) is 0 Å². The number of carbonyl (C=O) groups excluding carboxylic acids is 1. The van der Waals surface area contributed by atoms with E-state index in [0.29, 0.717) is 32.2 Å². The van der Waals surface area contributed by atoms with Gasteiger partial charge in [0.2, 0.25) is 0 Å². The maximum atomic E-state index is 12.5. The average Bonchev–Trinajstić information content (AvgIpc) is 3.16. The smallest absolute Gasteiger partial charge is 0.330 e. The topological polar surface area (TPSA) is 54.0 Å². The van der Waals surface area contributed by atoms with E-state index in [1.165, 1.54) is 179 Å². The fraction of sp³-hybridized carbons (Fsp3) is 0.812. The molecule has 0 heterocycles. The van der Waals surface area contributed by atoms with Crippen LogP contribution in [-0.4, -0.2) is 32.4 Å². The third kappa shape index (κ3) is 29.8. The summed E-state index contributed by atoms with van der Waals surface area (Å²) in [7, 11) is 0. The van der Waals surface area contributed by atoms with Gasteiger partial charge in [0.25, 0.3) is 0 Å². The fourth-order valence-corrected chi connectivity index (χ4v) is 6.79. The summed E-state index contributed by atoms with van der Waals surface area (Å²) < 4.78 is 24.6. The van der Waals surface area contributed by atoms with Crippen LogP contribution >= 0.6 is 0 Å².